The maximum absolute atomic E-state index is 14.0. The molecule has 174 valence electrons. The topological polar surface area (TPSA) is 69.0 Å². The molecular weight excluding hydrogens is 451 g/mol. The summed E-state index contributed by atoms with van der Waals surface area (Å²) in [6.07, 6.45) is 0. The summed E-state index contributed by atoms with van der Waals surface area (Å²) in [6, 6.07) is 23.8. The normalized spacial score (nSPS) is 11.7. The van der Waals surface area contributed by atoms with Gasteiger partial charge in [0.25, 0.3) is 0 Å². The molecule has 6 nitrogen and oxygen atoms in total. The zero-order valence-electron chi connectivity index (χ0n) is 18.9. The molecule has 0 bridgehead atoms. The third kappa shape index (κ3) is 5.82. The van der Waals surface area contributed by atoms with E-state index in [2.05, 4.69) is 15.5 Å². The molecule has 1 aromatic heterocycles. The Balaban J connectivity index is 1.48. The summed E-state index contributed by atoms with van der Waals surface area (Å²) in [5, 5.41) is 11.7. The third-order valence-electron chi connectivity index (χ3n) is 5.15. The number of thioether (sulfide) groups is 1. The molecular formula is C26H25FN4O2S. The molecule has 0 aliphatic heterocycles. The molecule has 0 aliphatic rings. The number of ether oxygens (including phenoxy) is 1. The van der Waals surface area contributed by atoms with Gasteiger partial charge in [0.05, 0.1) is 5.25 Å². The zero-order valence-corrected chi connectivity index (χ0v) is 19.8. The van der Waals surface area contributed by atoms with Crippen LogP contribution in [0, 0.1) is 12.7 Å². The van der Waals surface area contributed by atoms with Crippen molar-refractivity contribution in [2.75, 3.05) is 0 Å². The largest absolute Gasteiger partial charge is 0.483 e. The number of benzene rings is 3. The van der Waals surface area contributed by atoms with E-state index in [0.29, 0.717) is 17.5 Å². The Morgan fingerprint density at radius 1 is 1.03 bits per heavy atom. The van der Waals surface area contributed by atoms with Gasteiger partial charge in [-0.05, 0) is 43.7 Å². The Labute approximate surface area is 202 Å². The minimum atomic E-state index is -0.443. The number of hydrogen-bond donors (Lipinski definition) is 1. The quantitative estimate of drug-likeness (QED) is 0.341. The van der Waals surface area contributed by atoms with Crippen LogP contribution in [0.2, 0.25) is 0 Å². The Morgan fingerprint density at radius 2 is 1.74 bits per heavy atom. The zero-order chi connectivity index (χ0) is 23.9. The fraction of sp³-hybridized carbons (Fsp3) is 0.192. The van der Waals surface area contributed by atoms with Crippen molar-refractivity contribution in [2.45, 2.75) is 37.4 Å². The minimum Gasteiger partial charge on any atom is -0.483 e. The lowest BCUT2D eigenvalue weighted by atomic mass is 10.1. The number of rotatable bonds is 9. The standard InChI is InChI=1S/C26H25FN4O2S/c1-18-12-14-20(15-13-18)16-28-25(32)19(2)34-26-30-29-24(31(26)21-8-4-3-5-9-21)17-33-23-11-7-6-10-22(23)27/h3-15,19H,16-17H2,1-2H3,(H,28,32). The first-order valence-electron chi connectivity index (χ1n) is 10.9. The lowest BCUT2D eigenvalue weighted by Gasteiger charge is -2.14. The van der Waals surface area contributed by atoms with Gasteiger partial charge in [-0.25, -0.2) is 4.39 Å². The van der Waals surface area contributed by atoms with Crippen LogP contribution in [0.25, 0.3) is 5.69 Å². The van der Waals surface area contributed by atoms with Crippen molar-refractivity contribution in [3.8, 4) is 11.4 Å². The van der Waals surface area contributed by atoms with Gasteiger partial charge in [0, 0.05) is 12.2 Å². The smallest absolute Gasteiger partial charge is 0.233 e. The predicted molar refractivity (Wildman–Crippen MR) is 130 cm³/mol. The van der Waals surface area contributed by atoms with Gasteiger partial charge in [-0.3, -0.25) is 9.36 Å². The molecule has 0 saturated heterocycles. The Morgan fingerprint density at radius 3 is 2.47 bits per heavy atom. The third-order valence-corrected chi connectivity index (χ3v) is 6.19. The molecule has 1 unspecified atom stereocenters. The molecule has 34 heavy (non-hydrogen) atoms. The first-order valence-corrected chi connectivity index (χ1v) is 11.8. The number of nitrogens with one attached hydrogen (secondary N) is 1. The van der Waals surface area contributed by atoms with Gasteiger partial charge in [0.15, 0.2) is 22.5 Å². The highest BCUT2D eigenvalue weighted by molar-refractivity contribution is 8.00. The molecule has 1 atom stereocenters. The fourth-order valence-electron chi connectivity index (χ4n) is 3.26. The highest BCUT2D eigenvalue weighted by Gasteiger charge is 2.21. The maximum Gasteiger partial charge on any atom is 0.233 e. The first kappa shape index (κ1) is 23.5. The monoisotopic (exact) mass is 476 g/mol. The molecule has 0 radical (unpaired) electrons. The van der Waals surface area contributed by atoms with Crippen molar-refractivity contribution in [2.24, 2.45) is 0 Å². The molecule has 4 aromatic rings. The SMILES string of the molecule is Cc1ccc(CNC(=O)C(C)Sc2nnc(COc3ccccc3F)n2-c2ccccc2)cc1. The van der Waals surface area contributed by atoms with Crippen LogP contribution < -0.4 is 10.1 Å². The Hall–Kier alpha value is -3.65. The number of amides is 1. The number of carbonyl (C=O) groups excluding carboxylic acids is 1. The molecule has 1 N–H and O–H groups in total. The molecule has 3 aromatic carbocycles. The van der Waals surface area contributed by atoms with Crippen molar-refractivity contribution in [1.82, 2.24) is 20.1 Å². The molecule has 0 fully saturated rings. The van der Waals surface area contributed by atoms with Crippen molar-refractivity contribution < 1.29 is 13.9 Å². The van der Waals surface area contributed by atoms with Crippen LogP contribution in [0.5, 0.6) is 5.75 Å². The van der Waals surface area contributed by atoms with Gasteiger partial charge in [0.2, 0.25) is 5.91 Å². The number of aryl methyl sites for hydroxylation is 1. The van der Waals surface area contributed by atoms with Gasteiger partial charge in [0.1, 0.15) is 6.61 Å². The summed E-state index contributed by atoms with van der Waals surface area (Å²) in [7, 11) is 0. The summed E-state index contributed by atoms with van der Waals surface area (Å²) in [5.41, 5.74) is 3.04. The summed E-state index contributed by atoms with van der Waals surface area (Å²) >= 11 is 1.30. The van der Waals surface area contributed by atoms with Crippen LogP contribution in [-0.2, 0) is 17.9 Å². The number of nitrogens with zero attached hydrogens (tertiary/aromatic N) is 3. The summed E-state index contributed by atoms with van der Waals surface area (Å²) in [5.74, 6) is 0.103. The lowest BCUT2D eigenvalue weighted by molar-refractivity contribution is -0.120. The van der Waals surface area contributed by atoms with E-state index in [4.69, 9.17) is 4.74 Å². The first-order chi connectivity index (χ1) is 16.5. The second kappa shape index (κ2) is 11.0. The molecule has 1 amide bonds. The number of aromatic nitrogens is 3. The minimum absolute atomic E-state index is 0.0252. The van der Waals surface area contributed by atoms with Crippen molar-refractivity contribution in [3.05, 3.63) is 102 Å². The molecule has 4 rings (SSSR count). The summed E-state index contributed by atoms with van der Waals surface area (Å²) in [6.45, 7) is 4.34. The number of hydrogen-bond acceptors (Lipinski definition) is 5. The fourth-order valence-corrected chi connectivity index (χ4v) is 4.17. The maximum atomic E-state index is 14.0. The van der Waals surface area contributed by atoms with E-state index in [9.17, 15) is 9.18 Å². The van der Waals surface area contributed by atoms with Crippen molar-refractivity contribution >= 4 is 17.7 Å². The van der Waals surface area contributed by atoms with Crippen LogP contribution in [0.15, 0.2) is 84.0 Å². The molecule has 1 heterocycles. The Kier molecular flexibility index (Phi) is 7.59. The van der Waals surface area contributed by atoms with Crippen LogP contribution >= 0.6 is 11.8 Å². The van der Waals surface area contributed by atoms with Crippen LogP contribution in [0.3, 0.4) is 0 Å². The molecule has 0 spiro atoms. The van der Waals surface area contributed by atoms with Gasteiger partial charge < -0.3 is 10.1 Å². The van der Waals surface area contributed by atoms with E-state index in [0.717, 1.165) is 11.3 Å². The van der Waals surface area contributed by atoms with E-state index in [1.807, 2.05) is 73.0 Å². The van der Waals surface area contributed by atoms with E-state index in [1.54, 1.807) is 18.2 Å². The van der Waals surface area contributed by atoms with Gasteiger partial charge in [-0.1, -0.05) is 71.9 Å². The van der Waals surface area contributed by atoms with Crippen LogP contribution in [0.1, 0.15) is 23.9 Å². The van der Waals surface area contributed by atoms with Crippen molar-refractivity contribution in [3.63, 3.8) is 0 Å². The number of carbonyl (C=O) groups is 1. The lowest BCUT2D eigenvalue weighted by Crippen LogP contribution is -2.30. The van der Waals surface area contributed by atoms with Crippen LogP contribution in [-0.4, -0.2) is 25.9 Å². The average Bonchev–Trinajstić information content (AvgIpc) is 3.25. The van der Waals surface area contributed by atoms with Crippen LogP contribution in [0.4, 0.5) is 4.39 Å². The van der Waals surface area contributed by atoms with E-state index >= 15 is 0 Å². The summed E-state index contributed by atoms with van der Waals surface area (Å²) in [4.78, 5) is 12.7. The highest BCUT2D eigenvalue weighted by atomic mass is 32.2. The number of halogens is 1. The second-order valence-electron chi connectivity index (χ2n) is 7.75. The van der Waals surface area contributed by atoms with E-state index in [1.165, 1.54) is 23.4 Å². The van der Waals surface area contributed by atoms with Gasteiger partial charge in [-0.2, -0.15) is 0 Å². The highest BCUT2D eigenvalue weighted by Crippen LogP contribution is 2.27. The second-order valence-corrected chi connectivity index (χ2v) is 9.06. The Bertz CT molecular complexity index is 1250. The van der Waals surface area contributed by atoms with Gasteiger partial charge in [-0.15, -0.1) is 10.2 Å². The molecule has 8 heteroatoms. The molecule has 0 aliphatic carbocycles. The van der Waals surface area contributed by atoms with E-state index < -0.39 is 11.1 Å². The van der Waals surface area contributed by atoms with E-state index in [-0.39, 0.29) is 18.3 Å². The average molecular weight is 477 g/mol. The molecule has 0 saturated carbocycles. The van der Waals surface area contributed by atoms with Crippen molar-refractivity contribution in [1.29, 1.82) is 0 Å². The van der Waals surface area contributed by atoms with Gasteiger partial charge >= 0.3 is 0 Å². The predicted octanol–water partition coefficient (Wildman–Crippen LogP) is 5.09. The summed E-state index contributed by atoms with van der Waals surface area (Å²) < 4.78 is 21.5. The number of para-hydroxylation sites is 2.